The Morgan fingerprint density at radius 1 is 0.756 bits per heavy atom. The van der Waals surface area contributed by atoms with E-state index in [9.17, 15) is 9.59 Å². The van der Waals surface area contributed by atoms with E-state index < -0.39 is 18.1 Å². The SMILES string of the molecule is CCC[C@H](NC(=O)OCC1c2ccccc2-c2ccccc21)C(=O)OCc1ccc(OCc2ccc(C)cc2)cc1. The molecule has 4 aromatic carbocycles. The lowest BCUT2D eigenvalue weighted by Crippen LogP contribution is -2.42. The van der Waals surface area contributed by atoms with Crippen LogP contribution < -0.4 is 10.1 Å². The number of amides is 1. The fourth-order valence-corrected chi connectivity index (χ4v) is 5.11. The third kappa shape index (κ3) is 6.95. The zero-order chi connectivity index (χ0) is 28.6. The van der Waals surface area contributed by atoms with Gasteiger partial charge in [0.1, 0.15) is 31.6 Å². The summed E-state index contributed by atoms with van der Waals surface area (Å²) in [5, 5.41) is 2.72. The molecule has 0 aromatic heterocycles. The molecule has 6 heteroatoms. The van der Waals surface area contributed by atoms with Crippen molar-refractivity contribution in [3.8, 4) is 16.9 Å². The van der Waals surface area contributed by atoms with Crippen molar-refractivity contribution >= 4 is 12.1 Å². The van der Waals surface area contributed by atoms with Crippen LogP contribution in [0.25, 0.3) is 11.1 Å². The molecule has 0 unspecified atom stereocenters. The van der Waals surface area contributed by atoms with Gasteiger partial charge in [-0.1, -0.05) is 104 Å². The van der Waals surface area contributed by atoms with E-state index >= 15 is 0 Å². The minimum absolute atomic E-state index is 0.0476. The number of carbonyl (C=O) groups excluding carboxylic acids is 2. The Morgan fingerprint density at radius 2 is 1.34 bits per heavy atom. The summed E-state index contributed by atoms with van der Waals surface area (Å²) in [7, 11) is 0. The quantitative estimate of drug-likeness (QED) is 0.198. The van der Waals surface area contributed by atoms with Crippen LogP contribution in [0, 0.1) is 6.92 Å². The van der Waals surface area contributed by atoms with E-state index in [-0.39, 0.29) is 19.1 Å². The Morgan fingerprint density at radius 3 is 1.98 bits per heavy atom. The largest absolute Gasteiger partial charge is 0.489 e. The van der Waals surface area contributed by atoms with Gasteiger partial charge in [-0.25, -0.2) is 9.59 Å². The number of hydrogen-bond acceptors (Lipinski definition) is 5. The number of fused-ring (bicyclic) bond motifs is 3. The average molecular weight is 550 g/mol. The third-order valence-corrected chi connectivity index (χ3v) is 7.33. The van der Waals surface area contributed by atoms with Gasteiger partial charge in [-0.2, -0.15) is 0 Å². The number of alkyl carbamates (subject to hydrolysis) is 1. The van der Waals surface area contributed by atoms with Crippen LogP contribution in [-0.2, 0) is 27.5 Å². The average Bonchev–Trinajstić information content (AvgIpc) is 3.32. The number of esters is 1. The van der Waals surface area contributed by atoms with E-state index in [1.165, 1.54) is 5.56 Å². The highest BCUT2D eigenvalue weighted by atomic mass is 16.6. The summed E-state index contributed by atoms with van der Waals surface area (Å²) in [4.78, 5) is 25.6. The zero-order valence-electron chi connectivity index (χ0n) is 23.5. The van der Waals surface area contributed by atoms with Gasteiger partial charge in [0.25, 0.3) is 0 Å². The normalized spacial score (nSPS) is 12.6. The van der Waals surface area contributed by atoms with Gasteiger partial charge in [0, 0.05) is 5.92 Å². The van der Waals surface area contributed by atoms with Crippen molar-refractivity contribution in [3.63, 3.8) is 0 Å². The standard InChI is InChI=1S/C35H35NO5/c1-3-8-33(34(37)40-22-26-17-19-27(20-18-26)39-21-25-15-13-24(2)14-16-25)36-35(38)41-23-32-30-11-6-4-9-28(30)29-10-5-7-12-31(29)32/h4-7,9-20,32-33H,3,8,21-23H2,1-2H3,(H,36,38)/t33-/m0/s1. The summed E-state index contributed by atoms with van der Waals surface area (Å²) < 4.78 is 17.0. The molecule has 1 atom stereocenters. The van der Waals surface area contributed by atoms with Gasteiger partial charge in [-0.05, 0) is 58.9 Å². The molecular weight excluding hydrogens is 514 g/mol. The smallest absolute Gasteiger partial charge is 0.407 e. The van der Waals surface area contributed by atoms with Gasteiger partial charge in [0.2, 0.25) is 0 Å². The van der Waals surface area contributed by atoms with Crippen LogP contribution in [0.15, 0.2) is 97.1 Å². The summed E-state index contributed by atoms with van der Waals surface area (Å²) in [5.74, 6) is 0.204. The van der Waals surface area contributed by atoms with Crippen molar-refractivity contribution in [3.05, 3.63) is 125 Å². The van der Waals surface area contributed by atoms with Crippen LogP contribution in [0.3, 0.4) is 0 Å². The number of hydrogen-bond donors (Lipinski definition) is 1. The molecule has 1 amide bonds. The fourth-order valence-electron chi connectivity index (χ4n) is 5.11. The second kappa shape index (κ2) is 13.2. The van der Waals surface area contributed by atoms with Crippen LogP contribution >= 0.6 is 0 Å². The van der Waals surface area contributed by atoms with Crippen molar-refractivity contribution in [1.82, 2.24) is 5.32 Å². The third-order valence-electron chi connectivity index (χ3n) is 7.33. The summed E-state index contributed by atoms with van der Waals surface area (Å²) in [6.07, 6.45) is 0.531. The highest BCUT2D eigenvalue weighted by Gasteiger charge is 2.30. The molecule has 0 heterocycles. The van der Waals surface area contributed by atoms with Gasteiger partial charge in [0.15, 0.2) is 0 Å². The molecule has 0 radical (unpaired) electrons. The minimum atomic E-state index is -0.784. The van der Waals surface area contributed by atoms with Crippen LogP contribution in [0.4, 0.5) is 4.79 Å². The lowest BCUT2D eigenvalue weighted by Gasteiger charge is -2.19. The van der Waals surface area contributed by atoms with E-state index in [1.807, 2.05) is 67.6 Å². The van der Waals surface area contributed by atoms with E-state index in [2.05, 4.69) is 48.6 Å². The van der Waals surface area contributed by atoms with Crippen molar-refractivity contribution in [2.45, 2.75) is 51.9 Å². The first-order chi connectivity index (χ1) is 20.0. The van der Waals surface area contributed by atoms with Gasteiger partial charge in [-0.15, -0.1) is 0 Å². The van der Waals surface area contributed by atoms with Crippen molar-refractivity contribution in [2.24, 2.45) is 0 Å². The predicted molar refractivity (Wildman–Crippen MR) is 159 cm³/mol. The lowest BCUT2D eigenvalue weighted by molar-refractivity contribution is -0.147. The summed E-state index contributed by atoms with van der Waals surface area (Å²) in [6.45, 7) is 4.78. The van der Waals surface area contributed by atoms with Crippen LogP contribution in [0.2, 0.25) is 0 Å². The summed E-state index contributed by atoms with van der Waals surface area (Å²) in [5.41, 5.74) is 7.74. The van der Waals surface area contributed by atoms with Gasteiger partial charge >= 0.3 is 12.1 Å². The Balaban J connectivity index is 1.11. The fraction of sp³-hybridized carbons (Fsp3) is 0.257. The number of benzene rings is 4. The van der Waals surface area contributed by atoms with E-state index in [4.69, 9.17) is 14.2 Å². The van der Waals surface area contributed by atoms with E-state index in [0.29, 0.717) is 19.4 Å². The monoisotopic (exact) mass is 549 g/mol. The molecule has 1 aliphatic carbocycles. The molecular formula is C35H35NO5. The number of nitrogens with one attached hydrogen (secondary N) is 1. The number of aryl methyl sites for hydroxylation is 1. The molecule has 0 bridgehead atoms. The predicted octanol–water partition coefficient (Wildman–Crippen LogP) is 7.32. The molecule has 1 aliphatic rings. The highest BCUT2D eigenvalue weighted by molar-refractivity contribution is 5.82. The minimum Gasteiger partial charge on any atom is -0.489 e. The van der Waals surface area contributed by atoms with Gasteiger partial charge in [0.05, 0.1) is 0 Å². The van der Waals surface area contributed by atoms with Crippen LogP contribution in [0.1, 0.15) is 53.5 Å². The molecule has 6 nitrogen and oxygen atoms in total. The molecule has 0 saturated carbocycles. The molecule has 0 saturated heterocycles. The van der Waals surface area contributed by atoms with E-state index in [1.54, 1.807) is 0 Å². The highest BCUT2D eigenvalue weighted by Crippen LogP contribution is 2.44. The molecule has 41 heavy (non-hydrogen) atoms. The van der Waals surface area contributed by atoms with Crippen LogP contribution in [-0.4, -0.2) is 24.7 Å². The summed E-state index contributed by atoms with van der Waals surface area (Å²) >= 11 is 0. The maximum absolute atomic E-state index is 12.9. The Labute approximate surface area is 241 Å². The van der Waals surface area contributed by atoms with Gasteiger partial charge < -0.3 is 19.5 Å². The zero-order valence-corrected chi connectivity index (χ0v) is 23.5. The number of carbonyl (C=O) groups is 2. The topological polar surface area (TPSA) is 73.9 Å². The van der Waals surface area contributed by atoms with Crippen LogP contribution in [0.5, 0.6) is 5.75 Å². The molecule has 5 rings (SSSR count). The van der Waals surface area contributed by atoms with Crippen molar-refractivity contribution in [1.29, 1.82) is 0 Å². The first-order valence-electron chi connectivity index (χ1n) is 14.1. The first kappa shape index (κ1) is 28.0. The van der Waals surface area contributed by atoms with Gasteiger partial charge in [-0.3, -0.25) is 0 Å². The first-order valence-corrected chi connectivity index (χ1v) is 14.1. The molecule has 0 aliphatic heterocycles. The Kier molecular flexibility index (Phi) is 8.99. The Bertz CT molecular complexity index is 1430. The number of ether oxygens (including phenoxy) is 3. The maximum atomic E-state index is 12.9. The molecule has 1 N–H and O–H groups in total. The molecule has 210 valence electrons. The molecule has 4 aromatic rings. The number of rotatable bonds is 11. The second-order valence-corrected chi connectivity index (χ2v) is 10.3. The molecule has 0 spiro atoms. The maximum Gasteiger partial charge on any atom is 0.407 e. The van der Waals surface area contributed by atoms with Crippen molar-refractivity contribution < 1.29 is 23.8 Å². The lowest BCUT2D eigenvalue weighted by atomic mass is 9.98. The molecule has 0 fully saturated rings. The second-order valence-electron chi connectivity index (χ2n) is 10.3. The summed E-state index contributed by atoms with van der Waals surface area (Å²) in [6, 6.07) is 31.2. The van der Waals surface area contributed by atoms with Crippen molar-refractivity contribution in [2.75, 3.05) is 6.61 Å². The Hall–Kier alpha value is -4.58. The van der Waals surface area contributed by atoms with E-state index in [0.717, 1.165) is 39.1 Å².